The first kappa shape index (κ1) is 14.0. The lowest BCUT2D eigenvalue weighted by Gasteiger charge is -2.04. The molecule has 0 aliphatic carbocycles. The zero-order valence-electron chi connectivity index (χ0n) is 12.2. The normalized spacial score (nSPS) is 11.1. The van der Waals surface area contributed by atoms with Crippen LogP contribution in [0, 0.1) is 0 Å². The van der Waals surface area contributed by atoms with Gasteiger partial charge in [0.25, 0.3) is 0 Å². The molecule has 0 aliphatic heterocycles. The van der Waals surface area contributed by atoms with Gasteiger partial charge in [-0.05, 0) is 48.4 Å². The van der Waals surface area contributed by atoms with Gasteiger partial charge in [0.1, 0.15) is 12.1 Å². The standard InChI is InChI=1S/C15H16N6O/c1-2-9-22-13-5-3-12(4-6-13)10-16-18-14-7-8-15-19-17-11-21(15)20-14/h3-8,10-11H,2,9H2,1H3,(H,18,20)/b16-10-. The van der Waals surface area contributed by atoms with Crippen LogP contribution in [0.3, 0.4) is 0 Å². The molecule has 0 fully saturated rings. The fourth-order valence-electron chi connectivity index (χ4n) is 1.83. The summed E-state index contributed by atoms with van der Waals surface area (Å²) in [4.78, 5) is 0. The molecule has 0 aliphatic rings. The molecule has 3 aromatic rings. The molecular formula is C15H16N6O. The zero-order chi connectivity index (χ0) is 15.2. The summed E-state index contributed by atoms with van der Waals surface area (Å²) in [6, 6.07) is 11.4. The average Bonchev–Trinajstić information content (AvgIpc) is 3.02. The van der Waals surface area contributed by atoms with Crippen LogP contribution in [0.25, 0.3) is 5.65 Å². The van der Waals surface area contributed by atoms with E-state index in [-0.39, 0.29) is 0 Å². The first-order chi connectivity index (χ1) is 10.8. The van der Waals surface area contributed by atoms with Crippen molar-refractivity contribution in [3.63, 3.8) is 0 Å². The van der Waals surface area contributed by atoms with E-state index in [2.05, 4.69) is 32.7 Å². The topological polar surface area (TPSA) is 76.7 Å². The molecule has 1 aromatic carbocycles. The van der Waals surface area contributed by atoms with Gasteiger partial charge in [-0.2, -0.15) is 9.62 Å². The molecule has 0 bridgehead atoms. The highest BCUT2D eigenvalue weighted by Gasteiger charge is 1.97. The fourth-order valence-corrected chi connectivity index (χ4v) is 1.83. The molecule has 3 rings (SSSR count). The van der Waals surface area contributed by atoms with Gasteiger partial charge in [0.2, 0.25) is 0 Å². The summed E-state index contributed by atoms with van der Waals surface area (Å²) in [5.41, 5.74) is 4.54. The van der Waals surface area contributed by atoms with E-state index in [4.69, 9.17) is 4.74 Å². The molecule has 0 spiro atoms. The van der Waals surface area contributed by atoms with Crippen LogP contribution >= 0.6 is 0 Å². The van der Waals surface area contributed by atoms with Crippen LogP contribution in [0.2, 0.25) is 0 Å². The maximum Gasteiger partial charge on any atom is 0.177 e. The number of benzene rings is 1. The van der Waals surface area contributed by atoms with E-state index >= 15 is 0 Å². The highest BCUT2D eigenvalue weighted by atomic mass is 16.5. The smallest absolute Gasteiger partial charge is 0.177 e. The van der Waals surface area contributed by atoms with E-state index in [1.165, 1.54) is 0 Å². The van der Waals surface area contributed by atoms with Crippen LogP contribution in [0.5, 0.6) is 5.75 Å². The lowest BCUT2D eigenvalue weighted by Crippen LogP contribution is -1.98. The molecule has 7 nitrogen and oxygen atoms in total. The third-order valence-electron chi connectivity index (χ3n) is 2.91. The third kappa shape index (κ3) is 3.38. The summed E-state index contributed by atoms with van der Waals surface area (Å²) >= 11 is 0. The van der Waals surface area contributed by atoms with Crippen molar-refractivity contribution in [1.82, 2.24) is 19.8 Å². The Balaban J connectivity index is 1.61. The van der Waals surface area contributed by atoms with Gasteiger partial charge in [-0.3, -0.25) is 5.43 Å². The van der Waals surface area contributed by atoms with Gasteiger partial charge in [0, 0.05) is 0 Å². The van der Waals surface area contributed by atoms with Gasteiger partial charge in [0.15, 0.2) is 11.5 Å². The van der Waals surface area contributed by atoms with Crippen molar-refractivity contribution in [2.75, 3.05) is 12.0 Å². The van der Waals surface area contributed by atoms with Gasteiger partial charge in [-0.15, -0.1) is 15.3 Å². The Kier molecular flexibility index (Phi) is 4.24. The number of hydrazone groups is 1. The molecule has 112 valence electrons. The number of fused-ring (bicyclic) bond motifs is 1. The van der Waals surface area contributed by atoms with Crippen LogP contribution in [0.15, 0.2) is 47.8 Å². The molecule has 0 saturated heterocycles. The maximum absolute atomic E-state index is 5.53. The third-order valence-corrected chi connectivity index (χ3v) is 2.91. The predicted octanol–water partition coefficient (Wildman–Crippen LogP) is 2.36. The van der Waals surface area contributed by atoms with Gasteiger partial charge in [-0.1, -0.05) is 6.92 Å². The molecule has 2 aromatic heterocycles. The van der Waals surface area contributed by atoms with Crippen molar-refractivity contribution < 1.29 is 4.74 Å². The van der Waals surface area contributed by atoms with E-state index in [1.807, 2.05) is 30.3 Å². The zero-order valence-corrected chi connectivity index (χ0v) is 12.2. The number of ether oxygens (including phenoxy) is 1. The quantitative estimate of drug-likeness (QED) is 0.558. The minimum Gasteiger partial charge on any atom is -0.494 e. The number of aromatic nitrogens is 4. The monoisotopic (exact) mass is 296 g/mol. The summed E-state index contributed by atoms with van der Waals surface area (Å²) in [5, 5.41) is 16.1. The summed E-state index contributed by atoms with van der Waals surface area (Å²) < 4.78 is 7.11. The Morgan fingerprint density at radius 3 is 2.91 bits per heavy atom. The Labute approximate surface area is 127 Å². The molecule has 0 amide bonds. The minimum absolute atomic E-state index is 0.617. The van der Waals surface area contributed by atoms with Crippen molar-refractivity contribution >= 4 is 17.7 Å². The SMILES string of the molecule is CCCOc1ccc(/C=N\Nc2ccc3nncn3n2)cc1. The molecule has 7 heteroatoms. The van der Waals surface area contributed by atoms with Crippen molar-refractivity contribution in [1.29, 1.82) is 0 Å². The molecule has 0 radical (unpaired) electrons. The second-order valence-electron chi connectivity index (χ2n) is 4.64. The first-order valence-electron chi connectivity index (χ1n) is 7.04. The lowest BCUT2D eigenvalue weighted by molar-refractivity contribution is 0.317. The molecular weight excluding hydrogens is 280 g/mol. The van der Waals surface area contributed by atoms with Crippen molar-refractivity contribution in [3.8, 4) is 5.75 Å². The van der Waals surface area contributed by atoms with Crippen LogP contribution in [0.1, 0.15) is 18.9 Å². The van der Waals surface area contributed by atoms with Crippen LogP contribution in [-0.2, 0) is 0 Å². The molecule has 0 saturated carbocycles. The van der Waals surface area contributed by atoms with Crippen LogP contribution < -0.4 is 10.2 Å². The molecule has 0 atom stereocenters. The van der Waals surface area contributed by atoms with E-state index in [9.17, 15) is 0 Å². The van der Waals surface area contributed by atoms with Crippen molar-refractivity contribution in [2.24, 2.45) is 5.10 Å². The lowest BCUT2D eigenvalue weighted by atomic mass is 10.2. The second-order valence-corrected chi connectivity index (χ2v) is 4.64. The van der Waals surface area contributed by atoms with Gasteiger partial charge >= 0.3 is 0 Å². The average molecular weight is 296 g/mol. The number of anilines is 1. The summed E-state index contributed by atoms with van der Waals surface area (Å²) in [6.45, 7) is 2.81. The van der Waals surface area contributed by atoms with Crippen molar-refractivity contribution in [2.45, 2.75) is 13.3 Å². The highest BCUT2D eigenvalue weighted by molar-refractivity contribution is 5.80. The van der Waals surface area contributed by atoms with E-state index < -0.39 is 0 Å². The molecule has 2 heterocycles. The Hall–Kier alpha value is -2.96. The molecule has 22 heavy (non-hydrogen) atoms. The number of rotatable bonds is 6. The summed E-state index contributed by atoms with van der Waals surface area (Å²) in [5.74, 6) is 1.48. The number of hydrogen-bond donors (Lipinski definition) is 1. The number of hydrogen-bond acceptors (Lipinski definition) is 6. The number of nitrogens with zero attached hydrogens (tertiary/aromatic N) is 5. The maximum atomic E-state index is 5.53. The Bertz CT molecular complexity index is 765. The molecule has 0 unspecified atom stereocenters. The van der Waals surface area contributed by atoms with Crippen LogP contribution in [0.4, 0.5) is 5.82 Å². The Morgan fingerprint density at radius 1 is 1.23 bits per heavy atom. The number of nitrogens with one attached hydrogen (secondary N) is 1. The first-order valence-corrected chi connectivity index (χ1v) is 7.04. The summed E-state index contributed by atoms with van der Waals surface area (Å²) in [7, 11) is 0. The second kappa shape index (κ2) is 6.66. The van der Waals surface area contributed by atoms with Gasteiger partial charge in [0.05, 0.1) is 12.8 Å². The highest BCUT2D eigenvalue weighted by Crippen LogP contribution is 2.11. The Morgan fingerprint density at radius 2 is 2.09 bits per heavy atom. The van der Waals surface area contributed by atoms with E-state index in [0.717, 1.165) is 24.3 Å². The van der Waals surface area contributed by atoms with Gasteiger partial charge in [-0.25, -0.2) is 0 Å². The van der Waals surface area contributed by atoms with Gasteiger partial charge < -0.3 is 4.74 Å². The predicted molar refractivity (Wildman–Crippen MR) is 84.2 cm³/mol. The largest absolute Gasteiger partial charge is 0.494 e. The minimum atomic E-state index is 0.617. The van der Waals surface area contributed by atoms with E-state index in [0.29, 0.717) is 11.5 Å². The van der Waals surface area contributed by atoms with Crippen LogP contribution in [-0.4, -0.2) is 32.6 Å². The van der Waals surface area contributed by atoms with Crippen molar-refractivity contribution in [3.05, 3.63) is 48.3 Å². The summed E-state index contributed by atoms with van der Waals surface area (Å²) in [6.07, 6.45) is 4.26. The van der Waals surface area contributed by atoms with E-state index in [1.54, 1.807) is 23.1 Å². The fraction of sp³-hybridized carbons (Fsp3) is 0.200. The molecule has 1 N–H and O–H groups in total.